The molecule has 0 aromatic rings. The van der Waals surface area contributed by atoms with Crippen molar-refractivity contribution >= 4 is 16.7 Å². The van der Waals surface area contributed by atoms with Crippen molar-refractivity contribution in [3.05, 3.63) is 0 Å². The summed E-state index contributed by atoms with van der Waals surface area (Å²) in [5.74, 6) is 1.64. The van der Waals surface area contributed by atoms with Crippen LogP contribution in [0.4, 0.5) is 0 Å². The summed E-state index contributed by atoms with van der Waals surface area (Å²) >= 11 is 0. The molecule has 0 aromatic carbocycles. The Morgan fingerprint density at radius 2 is 2.07 bits per heavy atom. The van der Waals surface area contributed by atoms with Gasteiger partial charge in [-0.2, -0.15) is 0 Å². The Labute approximate surface area is 94.7 Å². The first-order chi connectivity index (χ1) is 6.97. The van der Waals surface area contributed by atoms with Crippen LogP contribution >= 0.6 is 0 Å². The van der Waals surface area contributed by atoms with Crippen LogP contribution in [0.25, 0.3) is 0 Å². The fraction of sp³-hybridized carbons (Fsp3) is 0.900. The van der Waals surface area contributed by atoms with Gasteiger partial charge in [-0.15, -0.1) is 0 Å². The molecule has 1 amide bonds. The van der Waals surface area contributed by atoms with Crippen molar-refractivity contribution in [2.24, 2.45) is 11.7 Å². The molecule has 5 heteroatoms. The molecule has 0 aliphatic heterocycles. The standard InChI is InChI=1S/C10H22N2O2S/c1-9(7-11)8-15(14)6-4-5-10(13)12(2)3/h9H,4-8,11H2,1-3H3. The molecule has 2 N–H and O–H groups in total. The zero-order valence-electron chi connectivity index (χ0n) is 9.86. The highest BCUT2D eigenvalue weighted by Crippen LogP contribution is 2.00. The van der Waals surface area contributed by atoms with Gasteiger partial charge >= 0.3 is 0 Å². The van der Waals surface area contributed by atoms with Crippen LogP contribution in [-0.2, 0) is 15.6 Å². The largest absolute Gasteiger partial charge is 0.349 e. The Hall–Kier alpha value is -0.420. The third-order valence-electron chi connectivity index (χ3n) is 2.13. The van der Waals surface area contributed by atoms with Gasteiger partial charge in [0.15, 0.2) is 0 Å². The van der Waals surface area contributed by atoms with E-state index in [4.69, 9.17) is 5.73 Å². The van der Waals surface area contributed by atoms with Crippen molar-refractivity contribution < 1.29 is 9.00 Å². The molecular weight excluding hydrogens is 212 g/mol. The Morgan fingerprint density at radius 3 is 2.53 bits per heavy atom. The lowest BCUT2D eigenvalue weighted by atomic mass is 10.2. The average Bonchev–Trinajstić information content (AvgIpc) is 2.17. The fourth-order valence-electron chi connectivity index (χ4n) is 1.08. The second-order valence-corrected chi connectivity index (χ2v) is 5.66. The quantitative estimate of drug-likeness (QED) is 0.684. The zero-order chi connectivity index (χ0) is 11.8. The number of carbonyl (C=O) groups excluding carboxylic acids is 1. The third-order valence-corrected chi connectivity index (χ3v) is 3.82. The SMILES string of the molecule is CC(CN)CS(=O)CCCC(=O)N(C)C. The van der Waals surface area contributed by atoms with E-state index in [1.54, 1.807) is 19.0 Å². The van der Waals surface area contributed by atoms with Crippen LogP contribution < -0.4 is 5.73 Å². The van der Waals surface area contributed by atoms with Gasteiger partial charge in [0.2, 0.25) is 5.91 Å². The molecule has 4 nitrogen and oxygen atoms in total. The molecule has 0 radical (unpaired) electrons. The first-order valence-electron chi connectivity index (χ1n) is 5.22. The minimum Gasteiger partial charge on any atom is -0.349 e. The number of hydrogen-bond donors (Lipinski definition) is 1. The third kappa shape index (κ3) is 7.50. The van der Waals surface area contributed by atoms with Gasteiger partial charge in [-0.25, -0.2) is 0 Å². The van der Waals surface area contributed by atoms with Gasteiger partial charge in [0.25, 0.3) is 0 Å². The topological polar surface area (TPSA) is 63.4 Å². The zero-order valence-corrected chi connectivity index (χ0v) is 10.7. The summed E-state index contributed by atoms with van der Waals surface area (Å²) in [6.45, 7) is 2.56. The highest BCUT2D eigenvalue weighted by molar-refractivity contribution is 7.84. The summed E-state index contributed by atoms with van der Waals surface area (Å²) in [6, 6.07) is 0. The fourth-order valence-corrected chi connectivity index (χ4v) is 2.48. The second kappa shape index (κ2) is 7.82. The number of rotatable bonds is 7. The Balaban J connectivity index is 3.60. The molecule has 0 rings (SSSR count). The Bertz CT molecular complexity index is 219. The number of nitrogens with two attached hydrogens (primary N) is 1. The van der Waals surface area contributed by atoms with E-state index in [9.17, 15) is 9.00 Å². The molecule has 0 aliphatic rings. The molecule has 90 valence electrons. The molecule has 0 heterocycles. The molecule has 0 fully saturated rings. The molecule has 2 unspecified atom stereocenters. The van der Waals surface area contributed by atoms with Crippen molar-refractivity contribution in [3.8, 4) is 0 Å². The van der Waals surface area contributed by atoms with E-state index in [1.807, 2.05) is 6.92 Å². The van der Waals surface area contributed by atoms with Crippen LogP contribution in [0.3, 0.4) is 0 Å². The molecule has 15 heavy (non-hydrogen) atoms. The number of amides is 1. The van der Waals surface area contributed by atoms with Crippen molar-refractivity contribution in [1.29, 1.82) is 0 Å². The molecular formula is C10H22N2O2S. The van der Waals surface area contributed by atoms with Gasteiger partial charge in [0, 0.05) is 42.8 Å². The van der Waals surface area contributed by atoms with Crippen LogP contribution in [-0.4, -0.2) is 47.2 Å². The predicted octanol–water partition coefficient (Wildman–Crippen LogP) is 0.198. The van der Waals surface area contributed by atoms with Crippen molar-refractivity contribution in [3.63, 3.8) is 0 Å². The van der Waals surface area contributed by atoms with E-state index in [2.05, 4.69) is 0 Å². The summed E-state index contributed by atoms with van der Waals surface area (Å²) in [5.41, 5.74) is 5.44. The normalized spacial score (nSPS) is 14.7. The maximum Gasteiger partial charge on any atom is 0.222 e. The van der Waals surface area contributed by atoms with E-state index in [1.165, 1.54) is 0 Å². The van der Waals surface area contributed by atoms with Crippen LogP contribution in [0, 0.1) is 5.92 Å². The Kier molecular flexibility index (Phi) is 7.60. The highest BCUT2D eigenvalue weighted by atomic mass is 32.2. The van der Waals surface area contributed by atoms with Gasteiger partial charge in [-0.05, 0) is 18.9 Å². The molecule has 0 saturated heterocycles. The summed E-state index contributed by atoms with van der Waals surface area (Å²) < 4.78 is 11.5. The molecule has 0 bridgehead atoms. The van der Waals surface area contributed by atoms with Crippen LogP contribution in [0.1, 0.15) is 19.8 Å². The van der Waals surface area contributed by atoms with Gasteiger partial charge < -0.3 is 10.6 Å². The van der Waals surface area contributed by atoms with Gasteiger partial charge in [0.1, 0.15) is 0 Å². The maximum absolute atomic E-state index is 11.5. The summed E-state index contributed by atoms with van der Waals surface area (Å²) in [7, 11) is 2.63. The lowest BCUT2D eigenvalue weighted by molar-refractivity contribution is -0.128. The lowest BCUT2D eigenvalue weighted by Gasteiger charge is -2.10. The smallest absolute Gasteiger partial charge is 0.222 e. The summed E-state index contributed by atoms with van der Waals surface area (Å²) in [5, 5.41) is 0. The van der Waals surface area contributed by atoms with Crippen molar-refractivity contribution in [1.82, 2.24) is 4.90 Å². The highest BCUT2D eigenvalue weighted by Gasteiger charge is 2.08. The number of nitrogens with zero attached hydrogens (tertiary/aromatic N) is 1. The van der Waals surface area contributed by atoms with E-state index >= 15 is 0 Å². The molecule has 2 atom stereocenters. The molecule has 0 aromatic heterocycles. The van der Waals surface area contributed by atoms with Crippen LogP contribution in [0.15, 0.2) is 0 Å². The van der Waals surface area contributed by atoms with Crippen molar-refractivity contribution in [2.45, 2.75) is 19.8 Å². The molecule has 0 saturated carbocycles. The van der Waals surface area contributed by atoms with Crippen molar-refractivity contribution in [2.75, 3.05) is 32.1 Å². The first-order valence-corrected chi connectivity index (χ1v) is 6.71. The van der Waals surface area contributed by atoms with E-state index in [-0.39, 0.29) is 5.91 Å². The average molecular weight is 234 g/mol. The molecule has 0 spiro atoms. The van der Waals surface area contributed by atoms with Gasteiger partial charge in [0.05, 0.1) is 0 Å². The van der Waals surface area contributed by atoms with E-state index in [0.29, 0.717) is 36.8 Å². The van der Waals surface area contributed by atoms with Gasteiger partial charge in [-0.1, -0.05) is 6.92 Å². The minimum absolute atomic E-state index is 0.0962. The Morgan fingerprint density at radius 1 is 1.47 bits per heavy atom. The maximum atomic E-state index is 11.5. The lowest BCUT2D eigenvalue weighted by Crippen LogP contribution is -2.22. The second-order valence-electron chi connectivity index (χ2n) is 4.04. The van der Waals surface area contributed by atoms with Crippen LogP contribution in [0.2, 0.25) is 0 Å². The van der Waals surface area contributed by atoms with Gasteiger partial charge in [-0.3, -0.25) is 9.00 Å². The minimum atomic E-state index is -0.830. The predicted molar refractivity (Wildman–Crippen MR) is 64.0 cm³/mol. The summed E-state index contributed by atoms with van der Waals surface area (Å²) in [4.78, 5) is 12.8. The first kappa shape index (κ1) is 14.6. The summed E-state index contributed by atoms with van der Waals surface area (Å²) in [6.07, 6.45) is 1.18. The monoisotopic (exact) mass is 234 g/mol. The number of carbonyl (C=O) groups is 1. The van der Waals surface area contributed by atoms with Crippen LogP contribution in [0.5, 0.6) is 0 Å². The number of hydrogen-bond acceptors (Lipinski definition) is 3. The van der Waals surface area contributed by atoms with E-state index in [0.717, 1.165) is 0 Å². The van der Waals surface area contributed by atoms with E-state index < -0.39 is 10.8 Å². The molecule has 0 aliphatic carbocycles.